The van der Waals surface area contributed by atoms with Crippen molar-refractivity contribution in [1.29, 1.82) is 0 Å². The number of ether oxygens (including phenoxy) is 1. The monoisotopic (exact) mass is 388 g/mol. The van der Waals surface area contributed by atoms with Gasteiger partial charge in [0.2, 0.25) is 5.95 Å². The van der Waals surface area contributed by atoms with E-state index in [0.29, 0.717) is 28.1 Å². The average Bonchev–Trinajstić information content (AvgIpc) is 2.67. The number of hydrogen-bond acceptors (Lipinski definition) is 5. The van der Waals surface area contributed by atoms with Crippen LogP contribution >= 0.6 is 11.6 Å². The molecule has 1 amide bonds. The number of nitrogens with zero attached hydrogens (tertiary/aromatic N) is 3. The summed E-state index contributed by atoms with van der Waals surface area (Å²) < 4.78 is 5.35. The Balaban J connectivity index is 1.88. The first kappa shape index (κ1) is 19.4. The molecule has 3 rings (SSSR count). The van der Waals surface area contributed by atoms with Gasteiger partial charge in [0.25, 0.3) is 5.91 Å². The molecule has 1 N–H and O–H groups in total. The number of amides is 1. The Hall–Kier alpha value is -2.34. The number of aromatic nitrogens is 2. The predicted molar refractivity (Wildman–Crippen MR) is 107 cm³/mol. The van der Waals surface area contributed by atoms with Crippen LogP contribution in [0.25, 0.3) is 0 Å². The fourth-order valence-electron chi connectivity index (χ4n) is 3.47. The molecule has 0 radical (unpaired) electrons. The van der Waals surface area contributed by atoms with Gasteiger partial charge in [0, 0.05) is 23.3 Å². The van der Waals surface area contributed by atoms with E-state index in [0.717, 1.165) is 31.5 Å². The number of halogens is 1. The van der Waals surface area contributed by atoms with Crippen molar-refractivity contribution in [3.8, 4) is 5.75 Å². The molecular weight excluding hydrogens is 364 g/mol. The second-order valence-electron chi connectivity index (χ2n) is 6.74. The number of methoxy groups -OCH3 is 1. The van der Waals surface area contributed by atoms with Gasteiger partial charge in [-0.25, -0.2) is 9.97 Å². The van der Waals surface area contributed by atoms with E-state index >= 15 is 0 Å². The maximum Gasteiger partial charge on any atom is 0.272 e. The molecule has 0 aliphatic carbocycles. The van der Waals surface area contributed by atoms with Gasteiger partial charge in [-0.05, 0) is 56.9 Å². The van der Waals surface area contributed by atoms with Gasteiger partial charge in [-0.1, -0.05) is 18.5 Å². The molecule has 6 nitrogen and oxygen atoms in total. The number of aryl methyl sites for hydroxylation is 1. The Morgan fingerprint density at radius 3 is 2.89 bits per heavy atom. The maximum absolute atomic E-state index is 13.1. The van der Waals surface area contributed by atoms with Crippen molar-refractivity contribution in [2.45, 2.75) is 45.6 Å². The second kappa shape index (κ2) is 8.57. The highest BCUT2D eigenvalue weighted by Gasteiger charge is 2.27. The number of likely N-dealkylation sites (tertiary alicyclic amines) is 1. The summed E-state index contributed by atoms with van der Waals surface area (Å²) in [6.07, 6.45) is 4.22. The smallest absolute Gasteiger partial charge is 0.272 e. The zero-order valence-corrected chi connectivity index (χ0v) is 16.7. The largest absolute Gasteiger partial charge is 0.495 e. The van der Waals surface area contributed by atoms with E-state index in [-0.39, 0.29) is 11.9 Å². The molecule has 1 saturated heterocycles. The summed E-state index contributed by atoms with van der Waals surface area (Å²) in [5, 5.41) is 3.70. The van der Waals surface area contributed by atoms with Gasteiger partial charge in [-0.15, -0.1) is 0 Å². The molecule has 1 fully saturated rings. The van der Waals surface area contributed by atoms with Crippen LogP contribution in [0.3, 0.4) is 0 Å². The van der Waals surface area contributed by atoms with Gasteiger partial charge >= 0.3 is 0 Å². The Labute approximate surface area is 164 Å². The molecule has 1 unspecified atom stereocenters. The molecule has 0 spiro atoms. The summed E-state index contributed by atoms with van der Waals surface area (Å²) >= 11 is 6.09. The molecule has 2 aromatic rings. The van der Waals surface area contributed by atoms with Crippen LogP contribution in [0, 0.1) is 6.92 Å². The van der Waals surface area contributed by atoms with E-state index in [1.54, 1.807) is 31.4 Å². The van der Waals surface area contributed by atoms with Gasteiger partial charge in [-0.3, -0.25) is 4.79 Å². The number of anilines is 2. The first-order valence-electron chi connectivity index (χ1n) is 9.29. The molecule has 1 aromatic carbocycles. The molecule has 1 aliphatic heterocycles. The zero-order valence-electron chi connectivity index (χ0n) is 16.0. The summed E-state index contributed by atoms with van der Waals surface area (Å²) in [4.78, 5) is 23.9. The van der Waals surface area contributed by atoms with Crippen LogP contribution in [-0.4, -0.2) is 40.5 Å². The maximum atomic E-state index is 13.1. The highest BCUT2D eigenvalue weighted by Crippen LogP contribution is 2.30. The fraction of sp³-hybridized carbons (Fsp3) is 0.450. The van der Waals surface area contributed by atoms with Crippen LogP contribution in [0.1, 0.15) is 48.8 Å². The minimum atomic E-state index is -0.0341. The van der Waals surface area contributed by atoms with Crippen molar-refractivity contribution in [1.82, 2.24) is 14.9 Å². The second-order valence-corrected chi connectivity index (χ2v) is 7.18. The number of carbonyl (C=O) groups excluding carboxylic acids is 1. The molecule has 1 atom stereocenters. The quantitative estimate of drug-likeness (QED) is 0.810. The van der Waals surface area contributed by atoms with Crippen molar-refractivity contribution in [3.05, 3.63) is 40.7 Å². The predicted octanol–water partition coefficient (Wildman–Crippen LogP) is 4.60. The Morgan fingerprint density at radius 2 is 2.15 bits per heavy atom. The van der Waals surface area contributed by atoms with Crippen LogP contribution in [0.15, 0.2) is 24.3 Å². The highest BCUT2D eigenvalue weighted by molar-refractivity contribution is 6.31. The third-order valence-corrected chi connectivity index (χ3v) is 5.08. The molecule has 1 aromatic heterocycles. The zero-order chi connectivity index (χ0) is 19.4. The number of benzene rings is 1. The van der Waals surface area contributed by atoms with E-state index in [1.807, 2.05) is 11.8 Å². The summed E-state index contributed by atoms with van der Waals surface area (Å²) in [5.41, 5.74) is 1.78. The van der Waals surface area contributed by atoms with E-state index in [9.17, 15) is 4.79 Å². The first-order chi connectivity index (χ1) is 13.0. The molecule has 7 heteroatoms. The number of nitrogens with one attached hydrogen (secondary N) is 1. The van der Waals surface area contributed by atoms with Crippen LogP contribution in [0.5, 0.6) is 5.75 Å². The van der Waals surface area contributed by atoms with Gasteiger partial charge in [0.15, 0.2) is 0 Å². The standard InChI is InChI=1S/C20H25ClN4O2/c1-4-15-7-5-6-10-25(15)19(26)17-11-13(2)22-20(24-17)23-16-12-14(21)8-9-18(16)27-3/h8-9,11-12,15H,4-7,10H2,1-3H3,(H,22,23,24). The molecule has 0 saturated carbocycles. The molecule has 0 bridgehead atoms. The van der Waals surface area contributed by atoms with Crippen LogP contribution in [0.4, 0.5) is 11.6 Å². The Bertz CT molecular complexity index is 828. The Kier molecular flexibility index (Phi) is 6.16. The van der Waals surface area contributed by atoms with E-state index in [2.05, 4.69) is 22.2 Å². The Morgan fingerprint density at radius 1 is 1.33 bits per heavy atom. The van der Waals surface area contributed by atoms with Gasteiger partial charge < -0.3 is 15.0 Å². The van der Waals surface area contributed by atoms with Crippen LogP contribution in [-0.2, 0) is 0 Å². The summed E-state index contributed by atoms with van der Waals surface area (Å²) in [6.45, 7) is 4.76. The summed E-state index contributed by atoms with van der Waals surface area (Å²) in [5.74, 6) is 0.941. The third-order valence-electron chi connectivity index (χ3n) is 4.84. The minimum absolute atomic E-state index is 0.0341. The average molecular weight is 389 g/mol. The first-order valence-corrected chi connectivity index (χ1v) is 9.66. The topological polar surface area (TPSA) is 67.4 Å². The fourth-order valence-corrected chi connectivity index (χ4v) is 3.64. The third kappa shape index (κ3) is 4.50. The lowest BCUT2D eigenvalue weighted by molar-refractivity contribution is 0.0602. The summed E-state index contributed by atoms with van der Waals surface area (Å²) in [7, 11) is 1.59. The normalized spacial score (nSPS) is 16.9. The van der Waals surface area contributed by atoms with E-state index in [1.165, 1.54) is 6.42 Å². The van der Waals surface area contributed by atoms with Crippen LogP contribution in [0.2, 0.25) is 5.02 Å². The lowest BCUT2D eigenvalue weighted by Crippen LogP contribution is -2.43. The highest BCUT2D eigenvalue weighted by atomic mass is 35.5. The van der Waals surface area contributed by atoms with Gasteiger partial charge in [0.05, 0.1) is 12.8 Å². The van der Waals surface area contributed by atoms with Crippen molar-refractivity contribution in [2.24, 2.45) is 0 Å². The lowest BCUT2D eigenvalue weighted by atomic mass is 9.99. The molecule has 27 heavy (non-hydrogen) atoms. The number of piperidine rings is 1. The van der Waals surface area contributed by atoms with Crippen molar-refractivity contribution in [3.63, 3.8) is 0 Å². The SMILES string of the molecule is CCC1CCCCN1C(=O)c1cc(C)nc(Nc2cc(Cl)ccc2OC)n1. The van der Waals surface area contributed by atoms with Crippen molar-refractivity contribution in [2.75, 3.05) is 19.0 Å². The van der Waals surface area contributed by atoms with E-state index < -0.39 is 0 Å². The number of rotatable bonds is 5. The number of carbonyl (C=O) groups is 1. The lowest BCUT2D eigenvalue weighted by Gasteiger charge is -2.35. The van der Waals surface area contributed by atoms with Crippen LogP contribution < -0.4 is 10.1 Å². The number of hydrogen-bond donors (Lipinski definition) is 1. The molecule has 2 heterocycles. The molecule has 144 valence electrons. The van der Waals surface area contributed by atoms with Gasteiger partial charge in [0.1, 0.15) is 11.4 Å². The van der Waals surface area contributed by atoms with Crippen molar-refractivity contribution >= 4 is 29.1 Å². The molecular formula is C20H25ClN4O2. The van der Waals surface area contributed by atoms with E-state index in [4.69, 9.17) is 16.3 Å². The summed E-state index contributed by atoms with van der Waals surface area (Å²) in [6, 6.07) is 7.28. The minimum Gasteiger partial charge on any atom is -0.495 e. The van der Waals surface area contributed by atoms with Crippen molar-refractivity contribution < 1.29 is 9.53 Å². The van der Waals surface area contributed by atoms with Gasteiger partial charge in [-0.2, -0.15) is 0 Å². The molecule has 1 aliphatic rings.